The summed E-state index contributed by atoms with van der Waals surface area (Å²) in [5.74, 6) is 0.794. The van der Waals surface area contributed by atoms with E-state index in [9.17, 15) is 8.42 Å². The van der Waals surface area contributed by atoms with Gasteiger partial charge < -0.3 is 10.0 Å². The molecule has 1 rings (SSSR count). The number of rotatable bonds is 5. The molecule has 5 heteroatoms. The zero-order valence-electron chi connectivity index (χ0n) is 9.35. The Kier molecular flexibility index (Phi) is 5.02. The number of nitrogens with zero attached hydrogens (tertiary/aromatic N) is 1. The molecular formula is C10H21NO3S. The van der Waals surface area contributed by atoms with Crippen molar-refractivity contribution in [2.45, 2.75) is 19.3 Å². The molecule has 0 aliphatic carbocycles. The number of aliphatic hydroxyl groups excluding tert-OH is 1. The van der Waals surface area contributed by atoms with Gasteiger partial charge >= 0.3 is 0 Å². The minimum absolute atomic E-state index is 0.241. The van der Waals surface area contributed by atoms with Crippen LogP contribution in [0.5, 0.6) is 0 Å². The maximum absolute atomic E-state index is 11.0. The van der Waals surface area contributed by atoms with Gasteiger partial charge in [0.15, 0.2) is 0 Å². The van der Waals surface area contributed by atoms with Crippen molar-refractivity contribution >= 4 is 9.84 Å². The van der Waals surface area contributed by atoms with E-state index in [0.29, 0.717) is 12.5 Å². The normalized spacial score (nSPS) is 24.3. The fourth-order valence-corrected chi connectivity index (χ4v) is 2.66. The van der Waals surface area contributed by atoms with E-state index in [1.165, 1.54) is 6.26 Å². The standard InChI is InChI=1S/C10H21NO3S/c1-15(13,14)8-6-11-5-2-3-10(9-11)4-7-12/h10,12H,2-9H2,1H3. The molecule has 0 radical (unpaired) electrons. The maximum atomic E-state index is 11.0. The van der Waals surface area contributed by atoms with Crippen LogP contribution < -0.4 is 0 Å². The van der Waals surface area contributed by atoms with Gasteiger partial charge in [0.2, 0.25) is 0 Å². The van der Waals surface area contributed by atoms with E-state index in [-0.39, 0.29) is 12.4 Å². The van der Waals surface area contributed by atoms with Crippen molar-refractivity contribution in [2.75, 3.05) is 38.2 Å². The summed E-state index contributed by atoms with van der Waals surface area (Å²) in [5, 5.41) is 8.85. The smallest absolute Gasteiger partial charge is 0.148 e. The Morgan fingerprint density at radius 3 is 2.80 bits per heavy atom. The van der Waals surface area contributed by atoms with Gasteiger partial charge in [-0.25, -0.2) is 8.42 Å². The van der Waals surface area contributed by atoms with Crippen LogP contribution in [-0.2, 0) is 9.84 Å². The highest BCUT2D eigenvalue weighted by atomic mass is 32.2. The molecule has 0 aromatic rings. The van der Waals surface area contributed by atoms with Crippen molar-refractivity contribution in [1.82, 2.24) is 4.90 Å². The molecule has 0 amide bonds. The van der Waals surface area contributed by atoms with Gasteiger partial charge in [0.1, 0.15) is 9.84 Å². The molecule has 1 fully saturated rings. The van der Waals surface area contributed by atoms with E-state index >= 15 is 0 Å². The summed E-state index contributed by atoms with van der Waals surface area (Å²) in [6.45, 7) is 2.82. The minimum atomic E-state index is -2.84. The Morgan fingerprint density at radius 1 is 1.47 bits per heavy atom. The van der Waals surface area contributed by atoms with Gasteiger partial charge in [-0.2, -0.15) is 0 Å². The van der Waals surface area contributed by atoms with E-state index in [1.807, 2.05) is 0 Å². The zero-order valence-corrected chi connectivity index (χ0v) is 10.2. The average molecular weight is 235 g/mol. The van der Waals surface area contributed by atoms with Crippen molar-refractivity contribution in [3.8, 4) is 0 Å². The molecule has 0 saturated carbocycles. The van der Waals surface area contributed by atoms with Gasteiger partial charge in [-0.3, -0.25) is 0 Å². The average Bonchev–Trinajstić information content (AvgIpc) is 2.15. The molecule has 1 N–H and O–H groups in total. The molecule has 15 heavy (non-hydrogen) atoms. The van der Waals surface area contributed by atoms with Crippen LogP contribution in [0, 0.1) is 5.92 Å². The summed E-state index contributed by atoms with van der Waals surface area (Å²) >= 11 is 0. The molecule has 0 aromatic heterocycles. The van der Waals surface area contributed by atoms with Gasteiger partial charge in [-0.05, 0) is 31.7 Å². The van der Waals surface area contributed by atoms with Crippen LogP contribution in [0.25, 0.3) is 0 Å². The van der Waals surface area contributed by atoms with Crippen molar-refractivity contribution in [2.24, 2.45) is 5.92 Å². The topological polar surface area (TPSA) is 57.6 Å². The first-order valence-electron chi connectivity index (χ1n) is 5.52. The minimum Gasteiger partial charge on any atom is -0.396 e. The highest BCUT2D eigenvalue weighted by Gasteiger charge is 2.19. The highest BCUT2D eigenvalue weighted by Crippen LogP contribution is 2.18. The third kappa shape index (κ3) is 5.49. The van der Waals surface area contributed by atoms with E-state index in [0.717, 1.165) is 32.4 Å². The van der Waals surface area contributed by atoms with Gasteiger partial charge in [0, 0.05) is 26.0 Å². The lowest BCUT2D eigenvalue weighted by Gasteiger charge is -2.32. The summed E-state index contributed by atoms with van der Waals surface area (Å²) in [7, 11) is -2.84. The second kappa shape index (κ2) is 5.82. The number of hydrogen-bond acceptors (Lipinski definition) is 4. The van der Waals surface area contributed by atoms with Crippen LogP contribution in [0.2, 0.25) is 0 Å². The Bertz CT molecular complexity index is 274. The summed E-state index contributed by atoms with van der Waals surface area (Å²) < 4.78 is 22.0. The Labute approximate surface area is 92.2 Å². The number of hydrogen-bond donors (Lipinski definition) is 1. The molecule has 0 aromatic carbocycles. The summed E-state index contributed by atoms with van der Waals surface area (Å²) in [6.07, 6.45) is 4.40. The highest BCUT2D eigenvalue weighted by molar-refractivity contribution is 7.90. The van der Waals surface area contributed by atoms with Crippen LogP contribution in [0.1, 0.15) is 19.3 Å². The molecule has 90 valence electrons. The quantitative estimate of drug-likeness (QED) is 0.735. The number of piperidine rings is 1. The summed E-state index contributed by atoms with van der Waals surface area (Å²) in [4.78, 5) is 2.20. The first-order chi connectivity index (χ1) is 7.01. The molecule has 0 spiro atoms. The van der Waals surface area contributed by atoms with Gasteiger partial charge in [0.05, 0.1) is 5.75 Å². The first kappa shape index (κ1) is 12.9. The van der Waals surface area contributed by atoms with Gasteiger partial charge in [0.25, 0.3) is 0 Å². The lowest BCUT2D eigenvalue weighted by Crippen LogP contribution is -2.38. The second-order valence-corrected chi connectivity index (χ2v) is 6.71. The fraction of sp³-hybridized carbons (Fsp3) is 1.00. The predicted octanol–water partition coefficient (Wildman–Crippen LogP) is 0.125. The maximum Gasteiger partial charge on any atom is 0.148 e. The molecule has 1 atom stereocenters. The van der Waals surface area contributed by atoms with Crippen molar-refractivity contribution in [3.63, 3.8) is 0 Å². The third-order valence-electron chi connectivity index (χ3n) is 2.92. The number of aliphatic hydroxyl groups is 1. The van der Waals surface area contributed by atoms with Crippen LogP contribution in [-0.4, -0.2) is 56.7 Å². The predicted molar refractivity (Wildman–Crippen MR) is 60.6 cm³/mol. The van der Waals surface area contributed by atoms with E-state index in [2.05, 4.69) is 4.90 Å². The monoisotopic (exact) mass is 235 g/mol. The molecule has 1 aliphatic heterocycles. The van der Waals surface area contributed by atoms with Crippen molar-refractivity contribution in [3.05, 3.63) is 0 Å². The Hall–Kier alpha value is -0.130. The lowest BCUT2D eigenvalue weighted by molar-refractivity contribution is 0.154. The number of likely N-dealkylation sites (tertiary alicyclic amines) is 1. The third-order valence-corrected chi connectivity index (χ3v) is 3.84. The summed E-state index contributed by atoms with van der Waals surface area (Å²) in [6, 6.07) is 0. The van der Waals surface area contributed by atoms with E-state index in [4.69, 9.17) is 5.11 Å². The lowest BCUT2D eigenvalue weighted by atomic mass is 9.95. The Morgan fingerprint density at radius 2 is 2.20 bits per heavy atom. The number of sulfone groups is 1. The first-order valence-corrected chi connectivity index (χ1v) is 7.58. The van der Waals surface area contributed by atoms with Crippen LogP contribution in [0.4, 0.5) is 0 Å². The molecule has 0 bridgehead atoms. The Balaban J connectivity index is 2.30. The zero-order chi connectivity index (χ0) is 11.3. The van der Waals surface area contributed by atoms with Gasteiger partial charge in [-0.1, -0.05) is 0 Å². The fourth-order valence-electron chi connectivity index (χ4n) is 2.07. The molecule has 1 unspecified atom stereocenters. The van der Waals surface area contributed by atoms with Crippen LogP contribution in [0.15, 0.2) is 0 Å². The molecule has 1 aliphatic rings. The molecule has 1 saturated heterocycles. The van der Waals surface area contributed by atoms with Crippen LogP contribution >= 0.6 is 0 Å². The largest absolute Gasteiger partial charge is 0.396 e. The summed E-state index contributed by atoms with van der Waals surface area (Å²) in [5.41, 5.74) is 0. The van der Waals surface area contributed by atoms with E-state index in [1.54, 1.807) is 0 Å². The van der Waals surface area contributed by atoms with Crippen molar-refractivity contribution < 1.29 is 13.5 Å². The van der Waals surface area contributed by atoms with E-state index < -0.39 is 9.84 Å². The molecule has 1 heterocycles. The van der Waals surface area contributed by atoms with Gasteiger partial charge in [-0.15, -0.1) is 0 Å². The molecule has 4 nitrogen and oxygen atoms in total. The van der Waals surface area contributed by atoms with Crippen LogP contribution in [0.3, 0.4) is 0 Å². The molecular weight excluding hydrogens is 214 g/mol. The second-order valence-electron chi connectivity index (χ2n) is 4.45. The van der Waals surface area contributed by atoms with Crippen molar-refractivity contribution in [1.29, 1.82) is 0 Å². The SMILES string of the molecule is CS(=O)(=O)CCN1CCCC(CCO)C1.